The van der Waals surface area contributed by atoms with Crippen LogP contribution in [0, 0.1) is 0 Å². The first-order chi connectivity index (χ1) is 9.36. The fourth-order valence-electron chi connectivity index (χ4n) is 3.28. The van der Waals surface area contributed by atoms with Crippen LogP contribution in [0.25, 0.3) is 0 Å². The van der Waals surface area contributed by atoms with Crippen LogP contribution in [0.15, 0.2) is 6.33 Å². The third kappa shape index (κ3) is 3.04. The standard InChI is InChI=1S/C15H23N3S/c1-19-12-8-6-11(7-9-12)18-15-13-4-2-3-5-14(13)16-10-17-15/h10-12H,2-9H2,1H3,(H,16,17,18). The molecule has 0 atom stereocenters. The molecule has 3 rings (SSSR count). The predicted molar refractivity (Wildman–Crippen MR) is 81.9 cm³/mol. The van der Waals surface area contributed by atoms with Crippen molar-refractivity contribution < 1.29 is 0 Å². The molecule has 1 saturated carbocycles. The van der Waals surface area contributed by atoms with Crippen molar-refractivity contribution in [3.63, 3.8) is 0 Å². The van der Waals surface area contributed by atoms with Crippen molar-refractivity contribution in [1.82, 2.24) is 9.97 Å². The zero-order valence-electron chi connectivity index (χ0n) is 11.7. The summed E-state index contributed by atoms with van der Waals surface area (Å²) >= 11 is 2.02. The zero-order chi connectivity index (χ0) is 13.1. The number of rotatable bonds is 3. The summed E-state index contributed by atoms with van der Waals surface area (Å²) in [4.78, 5) is 8.94. The number of anilines is 1. The van der Waals surface area contributed by atoms with Crippen LogP contribution in [0.3, 0.4) is 0 Å². The molecule has 1 aromatic heterocycles. The molecule has 3 nitrogen and oxygen atoms in total. The lowest BCUT2D eigenvalue weighted by atomic mass is 9.93. The first-order valence-electron chi connectivity index (χ1n) is 7.49. The van der Waals surface area contributed by atoms with E-state index in [1.54, 1.807) is 6.33 Å². The third-order valence-electron chi connectivity index (χ3n) is 4.47. The van der Waals surface area contributed by atoms with E-state index in [9.17, 15) is 0 Å². The van der Waals surface area contributed by atoms with Crippen molar-refractivity contribution in [3.8, 4) is 0 Å². The number of fused-ring (bicyclic) bond motifs is 1. The first kappa shape index (κ1) is 13.2. The summed E-state index contributed by atoms with van der Waals surface area (Å²) in [7, 11) is 0. The summed E-state index contributed by atoms with van der Waals surface area (Å²) in [6.45, 7) is 0. The average Bonchev–Trinajstić information content (AvgIpc) is 2.48. The summed E-state index contributed by atoms with van der Waals surface area (Å²) in [6, 6.07) is 0.615. The quantitative estimate of drug-likeness (QED) is 0.918. The zero-order valence-corrected chi connectivity index (χ0v) is 12.5. The molecule has 1 heterocycles. The SMILES string of the molecule is CSC1CCC(Nc2ncnc3c2CCCC3)CC1. The van der Waals surface area contributed by atoms with Crippen molar-refractivity contribution in [1.29, 1.82) is 0 Å². The first-order valence-corrected chi connectivity index (χ1v) is 8.77. The molecular formula is C15H23N3S. The summed E-state index contributed by atoms with van der Waals surface area (Å²) in [5.41, 5.74) is 2.67. The van der Waals surface area contributed by atoms with E-state index in [0.717, 1.165) is 23.9 Å². The minimum Gasteiger partial charge on any atom is -0.367 e. The van der Waals surface area contributed by atoms with E-state index < -0.39 is 0 Å². The monoisotopic (exact) mass is 277 g/mol. The van der Waals surface area contributed by atoms with Gasteiger partial charge in [-0.25, -0.2) is 9.97 Å². The molecule has 0 spiro atoms. The molecule has 0 aliphatic heterocycles. The van der Waals surface area contributed by atoms with E-state index in [2.05, 4.69) is 21.5 Å². The Morgan fingerprint density at radius 1 is 1.11 bits per heavy atom. The molecule has 0 saturated heterocycles. The van der Waals surface area contributed by atoms with Gasteiger partial charge in [0.1, 0.15) is 12.1 Å². The Kier molecular flexibility index (Phi) is 4.26. The highest BCUT2D eigenvalue weighted by Gasteiger charge is 2.22. The van der Waals surface area contributed by atoms with Gasteiger partial charge in [0.15, 0.2) is 0 Å². The highest BCUT2D eigenvalue weighted by Crippen LogP contribution is 2.30. The van der Waals surface area contributed by atoms with E-state index in [1.165, 1.54) is 49.8 Å². The number of thioether (sulfide) groups is 1. The van der Waals surface area contributed by atoms with E-state index in [0.29, 0.717) is 6.04 Å². The topological polar surface area (TPSA) is 37.8 Å². The third-order valence-corrected chi connectivity index (χ3v) is 5.61. The van der Waals surface area contributed by atoms with Gasteiger partial charge in [-0.2, -0.15) is 11.8 Å². The molecule has 4 heteroatoms. The average molecular weight is 277 g/mol. The predicted octanol–water partition coefficient (Wildman–Crippen LogP) is 3.44. The van der Waals surface area contributed by atoms with Crippen LogP contribution in [-0.4, -0.2) is 27.5 Å². The summed E-state index contributed by atoms with van der Waals surface area (Å²) < 4.78 is 0. The van der Waals surface area contributed by atoms with Gasteiger partial charge in [-0.1, -0.05) is 0 Å². The number of aryl methyl sites for hydroxylation is 1. The molecule has 19 heavy (non-hydrogen) atoms. The Morgan fingerprint density at radius 3 is 2.68 bits per heavy atom. The number of hydrogen-bond donors (Lipinski definition) is 1. The molecule has 104 valence electrons. The van der Waals surface area contributed by atoms with Crippen LogP contribution in [0.2, 0.25) is 0 Å². The lowest BCUT2D eigenvalue weighted by molar-refractivity contribution is 0.471. The van der Waals surface area contributed by atoms with E-state index in [4.69, 9.17) is 0 Å². The maximum Gasteiger partial charge on any atom is 0.133 e. The highest BCUT2D eigenvalue weighted by atomic mass is 32.2. The molecule has 0 amide bonds. The van der Waals surface area contributed by atoms with Crippen molar-refractivity contribution >= 4 is 17.6 Å². The Hall–Kier alpha value is -0.770. The van der Waals surface area contributed by atoms with Gasteiger partial charge in [-0.3, -0.25) is 0 Å². The number of nitrogens with zero attached hydrogens (tertiary/aromatic N) is 2. The molecule has 2 aliphatic carbocycles. The highest BCUT2D eigenvalue weighted by molar-refractivity contribution is 7.99. The fourth-order valence-corrected chi connectivity index (χ4v) is 4.03. The minimum absolute atomic E-state index is 0.615. The lowest BCUT2D eigenvalue weighted by Crippen LogP contribution is -2.28. The molecule has 0 aromatic carbocycles. The Balaban J connectivity index is 1.67. The Morgan fingerprint density at radius 2 is 1.89 bits per heavy atom. The number of nitrogens with one attached hydrogen (secondary N) is 1. The smallest absolute Gasteiger partial charge is 0.133 e. The largest absolute Gasteiger partial charge is 0.367 e. The normalized spacial score (nSPS) is 26.8. The molecule has 0 radical (unpaired) electrons. The van der Waals surface area contributed by atoms with Gasteiger partial charge in [0.25, 0.3) is 0 Å². The number of hydrogen-bond acceptors (Lipinski definition) is 4. The van der Waals surface area contributed by atoms with Gasteiger partial charge >= 0.3 is 0 Å². The molecule has 1 N–H and O–H groups in total. The molecular weight excluding hydrogens is 254 g/mol. The van der Waals surface area contributed by atoms with Crippen LogP contribution < -0.4 is 5.32 Å². The minimum atomic E-state index is 0.615. The van der Waals surface area contributed by atoms with Gasteiger partial charge in [0, 0.05) is 22.5 Å². The maximum atomic E-state index is 4.50. The van der Waals surface area contributed by atoms with Crippen LogP contribution in [0.5, 0.6) is 0 Å². The van der Waals surface area contributed by atoms with Crippen LogP contribution in [-0.2, 0) is 12.8 Å². The lowest BCUT2D eigenvalue weighted by Gasteiger charge is -2.29. The maximum absolute atomic E-state index is 4.50. The van der Waals surface area contributed by atoms with E-state index in [-0.39, 0.29) is 0 Å². The van der Waals surface area contributed by atoms with Gasteiger partial charge < -0.3 is 5.32 Å². The van der Waals surface area contributed by atoms with Crippen LogP contribution in [0.1, 0.15) is 49.8 Å². The molecule has 1 fully saturated rings. The van der Waals surface area contributed by atoms with Crippen LogP contribution >= 0.6 is 11.8 Å². The van der Waals surface area contributed by atoms with Gasteiger partial charge in [0.05, 0.1) is 0 Å². The van der Waals surface area contributed by atoms with Gasteiger partial charge in [0.2, 0.25) is 0 Å². The Bertz CT molecular complexity index is 427. The van der Waals surface area contributed by atoms with Crippen molar-refractivity contribution in [3.05, 3.63) is 17.6 Å². The van der Waals surface area contributed by atoms with Crippen molar-refractivity contribution in [2.45, 2.75) is 62.7 Å². The van der Waals surface area contributed by atoms with E-state index >= 15 is 0 Å². The fraction of sp³-hybridized carbons (Fsp3) is 0.733. The molecule has 0 bridgehead atoms. The second-order valence-corrected chi connectivity index (χ2v) is 6.85. The molecule has 0 unspecified atom stereocenters. The van der Waals surface area contributed by atoms with Gasteiger partial charge in [-0.05, 0) is 57.6 Å². The summed E-state index contributed by atoms with van der Waals surface area (Å²) in [5, 5.41) is 4.57. The second-order valence-electron chi connectivity index (χ2n) is 5.71. The summed E-state index contributed by atoms with van der Waals surface area (Å²) in [5.74, 6) is 1.12. The van der Waals surface area contributed by atoms with Gasteiger partial charge in [-0.15, -0.1) is 0 Å². The van der Waals surface area contributed by atoms with E-state index in [1.807, 2.05) is 11.8 Å². The Labute approximate surface area is 120 Å². The molecule has 2 aliphatic rings. The number of aromatic nitrogens is 2. The molecule has 1 aromatic rings. The summed E-state index contributed by atoms with van der Waals surface area (Å²) in [6.07, 6.45) is 14.1. The van der Waals surface area contributed by atoms with Crippen LogP contribution in [0.4, 0.5) is 5.82 Å². The van der Waals surface area contributed by atoms with Crippen molar-refractivity contribution in [2.24, 2.45) is 0 Å². The second kappa shape index (κ2) is 6.12. The van der Waals surface area contributed by atoms with Crippen molar-refractivity contribution in [2.75, 3.05) is 11.6 Å².